The molecule has 3 heteroatoms. The number of terminal acetylenes is 1. The predicted molar refractivity (Wildman–Crippen MR) is 56.9 cm³/mol. The Morgan fingerprint density at radius 3 is 2.64 bits per heavy atom. The Balaban J connectivity index is 2.47. The van der Waals surface area contributed by atoms with Gasteiger partial charge in [0.25, 0.3) is 0 Å². The number of urea groups is 1. The van der Waals surface area contributed by atoms with E-state index in [4.69, 9.17) is 6.42 Å². The highest BCUT2D eigenvalue weighted by molar-refractivity contribution is 5.89. The molecule has 0 aliphatic heterocycles. The van der Waals surface area contributed by atoms with Crippen molar-refractivity contribution in [3.05, 3.63) is 30.3 Å². The van der Waals surface area contributed by atoms with Crippen molar-refractivity contribution < 1.29 is 4.79 Å². The molecule has 1 rings (SSSR count). The van der Waals surface area contributed by atoms with Gasteiger partial charge in [0.2, 0.25) is 0 Å². The highest BCUT2D eigenvalue weighted by Gasteiger charge is 2.03. The van der Waals surface area contributed by atoms with Gasteiger partial charge in [-0.25, -0.2) is 4.79 Å². The molecule has 0 aliphatic carbocycles. The van der Waals surface area contributed by atoms with Crippen LogP contribution in [0.1, 0.15) is 6.92 Å². The van der Waals surface area contributed by atoms with Crippen molar-refractivity contribution in [3.8, 4) is 12.3 Å². The third kappa shape index (κ3) is 3.20. The van der Waals surface area contributed by atoms with Gasteiger partial charge in [-0.3, -0.25) is 0 Å². The maximum atomic E-state index is 11.3. The summed E-state index contributed by atoms with van der Waals surface area (Å²) in [5, 5.41) is 5.25. The summed E-state index contributed by atoms with van der Waals surface area (Å²) in [5.41, 5.74) is 0.745. The van der Waals surface area contributed by atoms with E-state index >= 15 is 0 Å². The molecule has 0 saturated carbocycles. The van der Waals surface area contributed by atoms with Crippen LogP contribution in [0.2, 0.25) is 0 Å². The van der Waals surface area contributed by atoms with E-state index in [1.54, 1.807) is 19.1 Å². The molecule has 2 amide bonds. The number of carbonyl (C=O) groups excluding carboxylic acids is 1. The highest BCUT2D eigenvalue weighted by Crippen LogP contribution is 2.04. The van der Waals surface area contributed by atoms with Gasteiger partial charge in [0.1, 0.15) is 0 Å². The summed E-state index contributed by atoms with van der Waals surface area (Å²) in [5.74, 6) is 2.41. The van der Waals surface area contributed by atoms with Gasteiger partial charge in [0, 0.05) is 5.69 Å². The van der Waals surface area contributed by atoms with Gasteiger partial charge in [0.05, 0.1) is 6.04 Å². The van der Waals surface area contributed by atoms with Crippen molar-refractivity contribution in [2.75, 3.05) is 5.32 Å². The van der Waals surface area contributed by atoms with E-state index in [-0.39, 0.29) is 12.1 Å². The summed E-state index contributed by atoms with van der Waals surface area (Å²) < 4.78 is 0. The molecule has 0 aromatic heterocycles. The maximum Gasteiger partial charge on any atom is 0.320 e. The molecule has 1 aromatic carbocycles. The minimum atomic E-state index is -0.290. The van der Waals surface area contributed by atoms with Crippen LogP contribution < -0.4 is 10.6 Å². The van der Waals surface area contributed by atoms with Gasteiger partial charge < -0.3 is 10.6 Å². The average Bonchev–Trinajstić information content (AvgIpc) is 2.19. The van der Waals surface area contributed by atoms with Crippen molar-refractivity contribution in [1.29, 1.82) is 0 Å². The minimum Gasteiger partial charge on any atom is -0.325 e. The molecule has 0 fully saturated rings. The molecule has 0 saturated heterocycles. The fourth-order valence-electron chi connectivity index (χ4n) is 0.927. The van der Waals surface area contributed by atoms with Gasteiger partial charge in [-0.2, -0.15) is 0 Å². The monoisotopic (exact) mass is 188 g/mol. The first-order valence-corrected chi connectivity index (χ1v) is 4.31. The number of hydrogen-bond donors (Lipinski definition) is 2. The Morgan fingerprint density at radius 1 is 1.43 bits per heavy atom. The van der Waals surface area contributed by atoms with Crippen molar-refractivity contribution >= 4 is 11.7 Å². The molecule has 0 heterocycles. The maximum absolute atomic E-state index is 11.3. The third-order valence-electron chi connectivity index (χ3n) is 1.63. The fraction of sp³-hybridized carbons (Fsp3) is 0.182. The molecule has 0 bridgehead atoms. The summed E-state index contributed by atoms with van der Waals surface area (Å²) in [4.78, 5) is 11.3. The quantitative estimate of drug-likeness (QED) is 0.683. The zero-order valence-electron chi connectivity index (χ0n) is 7.95. The zero-order chi connectivity index (χ0) is 10.4. The lowest BCUT2D eigenvalue weighted by molar-refractivity contribution is 0.251. The number of carbonyl (C=O) groups is 1. The fourth-order valence-corrected chi connectivity index (χ4v) is 0.927. The molecule has 1 unspecified atom stereocenters. The predicted octanol–water partition coefficient (Wildman–Crippen LogP) is 1.83. The largest absolute Gasteiger partial charge is 0.325 e. The van der Waals surface area contributed by atoms with Crippen LogP contribution in [0.3, 0.4) is 0 Å². The van der Waals surface area contributed by atoms with Crippen LogP contribution >= 0.6 is 0 Å². The van der Waals surface area contributed by atoms with Crippen LogP contribution in [0.5, 0.6) is 0 Å². The molecule has 72 valence electrons. The van der Waals surface area contributed by atoms with Crippen LogP contribution in [0, 0.1) is 12.3 Å². The lowest BCUT2D eigenvalue weighted by atomic mass is 10.3. The highest BCUT2D eigenvalue weighted by atomic mass is 16.2. The van der Waals surface area contributed by atoms with Gasteiger partial charge in [-0.15, -0.1) is 6.42 Å². The summed E-state index contributed by atoms with van der Waals surface area (Å²) in [6, 6.07) is 8.63. The SMILES string of the molecule is C#CC(C)NC(=O)Nc1ccccc1. The Hall–Kier alpha value is -1.95. The second kappa shape index (κ2) is 4.93. The minimum absolute atomic E-state index is 0.265. The smallest absolute Gasteiger partial charge is 0.320 e. The lowest BCUT2D eigenvalue weighted by Gasteiger charge is -2.08. The second-order valence-corrected chi connectivity index (χ2v) is 2.85. The average molecular weight is 188 g/mol. The normalized spacial score (nSPS) is 11.1. The van der Waals surface area contributed by atoms with Crippen LogP contribution in [-0.4, -0.2) is 12.1 Å². The second-order valence-electron chi connectivity index (χ2n) is 2.85. The Kier molecular flexibility index (Phi) is 3.57. The Bertz CT molecular complexity index is 340. The molecule has 14 heavy (non-hydrogen) atoms. The zero-order valence-corrected chi connectivity index (χ0v) is 7.95. The van der Waals surface area contributed by atoms with Crippen molar-refractivity contribution in [2.24, 2.45) is 0 Å². The number of hydrogen-bond acceptors (Lipinski definition) is 1. The van der Waals surface area contributed by atoms with Gasteiger partial charge in [-0.05, 0) is 19.1 Å². The van der Waals surface area contributed by atoms with Gasteiger partial charge in [-0.1, -0.05) is 24.1 Å². The first-order chi connectivity index (χ1) is 6.72. The molecular weight excluding hydrogens is 176 g/mol. The number of amides is 2. The molecular formula is C11H12N2O. The third-order valence-corrected chi connectivity index (χ3v) is 1.63. The summed E-state index contributed by atoms with van der Waals surface area (Å²) >= 11 is 0. The number of para-hydroxylation sites is 1. The Morgan fingerprint density at radius 2 is 2.07 bits per heavy atom. The van der Waals surface area contributed by atoms with E-state index in [2.05, 4.69) is 16.6 Å². The molecule has 0 radical (unpaired) electrons. The standard InChI is InChI=1S/C11H12N2O/c1-3-9(2)12-11(14)13-10-7-5-4-6-8-10/h1,4-9H,2H3,(H2,12,13,14). The van der Waals surface area contributed by atoms with Crippen LogP contribution in [0.4, 0.5) is 10.5 Å². The number of rotatable bonds is 2. The van der Waals surface area contributed by atoms with Gasteiger partial charge in [0.15, 0.2) is 0 Å². The van der Waals surface area contributed by atoms with E-state index < -0.39 is 0 Å². The van der Waals surface area contributed by atoms with Crippen molar-refractivity contribution in [1.82, 2.24) is 5.32 Å². The summed E-state index contributed by atoms with van der Waals surface area (Å²) in [7, 11) is 0. The van der Waals surface area contributed by atoms with E-state index in [0.717, 1.165) is 5.69 Å². The molecule has 0 spiro atoms. The van der Waals surface area contributed by atoms with E-state index in [0.29, 0.717) is 0 Å². The van der Waals surface area contributed by atoms with E-state index in [1.165, 1.54) is 0 Å². The molecule has 0 aliphatic rings. The van der Waals surface area contributed by atoms with Crippen LogP contribution in [0.25, 0.3) is 0 Å². The van der Waals surface area contributed by atoms with Gasteiger partial charge >= 0.3 is 6.03 Å². The number of nitrogens with one attached hydrogen (secondary N) is 2. The van der Waals surface area contributed by atoms with Crippen molar-refractivity contribution in [3.63, 3.8) is 0 Å². The lowest BCUT2D eigenvalue weighted by Crippen LogP contribution is -2.35. The van der Waals surface area contributed by atoms with Crippen LogP contribution in [0.15, 0.2) is 30.3 Å². The first-order valence-electron chi connectivity index (χ1n) is 4.31. The van der Waals surface area contributed by atoms with Crippen molar-refractivity contribution in [2.45, 2.75) is 13.0 Å². The Labute approximate surface area is 83.5 Å². The summed E-state index contributed by atoms with van der Waals surface area (Å²) in [6.45, 7) is 1.74. The number of benzene rings is 1. The molecule has 3 nitrogen and oxygen atoms in total. The topological polar surface area (TPSA) is 41.1 Å². The van der Waals surface area contributed by atoms with E-state index in [9.17, 15) is 4.79 Å². The number of anilines is 1. The molecule has 1 atom stereocenters. The van der Waals surface area contributed by atoms with E-state index in [1.807, 2.05) is 18.2 Å². The first kappa shape index (κ1) is 10.1. The van der Waals surface area contributed by atoms with Crippen LogP contribution in [-0.2, 0) is 0 Å². The molecule has 1 aromatic rings. The summed E-state index contributed by atoms with van der Waals surface area (Å²) in [6.07, 6.45) is 5.12. The molecule has 2 N–H and O–H groups in total.